The highest BCUT2D eigenvalue weighted by molar-refractivity contribution is 5.41. The van der Waals surface area contributed by atoms with Crippen LogP contribution in [0.2, 0.25) is 0 Å². The molecule has 70 valence electrons. The molecule has 0 saturated carbocycles. The van der Waals surface area contributed by atoms with Crippen LogP contribution in [0, 0.1) is 0 Å². The molecule has 0 aliphatic carbocycles. The van der Waals surface area contributed by atoms with E-state index in [0.29, 0.717) is 6.61 Å². The van der Waals surface area contributed by atoms with Crippen molar-refractivity contribution in [1.29, 1.82) is 0 Å². The summed E-state index contributed by atoms with van der Waals surface area (Å²) >= 11 is 0. The van der Waals surface area contributed by atoms with Crippen molar-refractivity contribution in [3.63, 3.8) is 0 Å². The maximum atomic E-state index is 9.20. The van der Waals surface area contributed by atoms with Crippen molar-refractivity contribution in [2.24, 2.45) is 0 Å². The molecule has 0 fully saturated rings. The summed E-state index contributed by atoms with van der Waals surface area (Å²) < 4.78 is 10.6. The van der Waals surface area contributed by atoms with Crippen LogP contribution in [-0.4, -0.2) is 24.9 Å². The Morgan fingerprint density at radius 2 is 2.38 bits per heavy atom. The molecule has 1 heterocycles. The van der Waals surface area contributed by atoms with Gasteiger partial charge in [0.05, 0.1) is 6.10 Å². The monoisotopic (exact) mass is 180 g/mol. The average Bonchev–Trinajstić information content (AvgIpc) is 2.17. The van der Waals surface area contributed by atoms with Crippen LogP contribution in [0.1, 0.15) is 5.56 Å². The van der Waals surface area contributed by atoms with E-state index in [-0.39, 0.29) is 11.9 Å². The molecule has 1 unspecified atom stereocenters. The molecule has 0 spiro atoms. The van der Waals surface area contributed by atoms with E-state index in [1.165, 1.54) is 0 Å². The number of aromatic hydroxyl groups is 1. The largest absolute Gasteiger partial charge is 0.508 e. The van der Waals surface area contributed by atoms with E-state index < -0.39 is 0 Å². The van der Waals surface area contributed by atoms with Gasteiger partial charge < -0.3 is 14.6 Å². The summed E-state index contributed by atoms with van der Waals surface area (Å²) in [5.41, 5.74) is 1.09. The summed E-state index contributed by atoms with van der Waals surface area (Å²) in [6.07, 6.45) is 0.989. The third-order valence-corrected chi connectivity index (χ3v) is 2.26. The summed E-state index contributed by atoms with van der Waals surface area (Å²) in [6, 6.07) is 5.18. The molecule has 13 heavy (non-hydrogen) atoms. The summed E-state index contributed by atoms with van der Waals surface area (Å²) in [4.78, 5) is 0. The predicted molar refractivity (Wildman–Crippen MR) is 48.1 cm³/mol. The number of hydrogen-bond donors (Lipinski definition) is 1. The highest BCUT2D eigenvalue weighted by atomic mass is 16.5. The fourth-order valence-electron chi connectivity index (χ4n) is 1.48. The lowest BCUT2D eigenvalue weighted by Gasteiger charge is -2.24. The lowest BCUT2D eigenvalue weighted by molar-refractivity contribution is 0.0466. The van der Waals surface area contributed by atoms with Crippen LogP contribution in [-0.2, 0) is 11.2 Å². The van der Waals surface area contributed by atoms with Crippen molar-refractivity contribution in [3.05, 3.63) is 23.8 Å². The van der Waals surface area contributed by atoms with Crippen LogP contribution >= 0.6 is 0 Å². The number of ether oxygens (including phenoxy) is 2. The fourth-order valence-corrected chi connectivity index (χ4v) is 1.48. The van der Waals surface area contributed by atoms with Gasteiger partial charge in [-0.05, 0) is 11.6 Å². The molecule has 3 heteroatoms. The summed E-state index contributed by atoms with van der Waals surface area (Å²) in [5, 5.41) is 9.20. The van der Waals surface area contributed by atoms with Gasteiger partial charge in [0.1, 0.15) is 18.1 Å². The van der Waals surface area contributed by atoms with Crippen molar-refractivity contribution in [2.75, 3.05) is 13.7 Å². The van der Waals surface area contributed by atoms with E-state index in [4.69, 9.17) is 9.47 Å². The maximum absolute atomic E-state index is 9.20. The normalized spacial score (nSPS) is 20.5. The highest BCUT2D eigenvalue weighted by Crippen LogP contribution is 2.28. The minimum Gasteiger partial charge on any atom is -0.508 e. The Labute approximate surface area is 76.9 Å². The van der Waals surface area contributed by atoms with Crippen LogP contribution < -0.4 is 4.74 Å². The van der Waals surface area contributed by atoms with E-state index >= 15 is 0 Å². The number of phenols is 1. The van der Waals surface area contributed by atoms with Crippen LogP contribution in [0.4, 0.5) is 0 Å². The van der Waals surface area contributed by atoms with E-state index in [1.807, 2.05) is 6.07 Å². The topological polar surface area (TPSA) is 38.7 Å². The van der Waals surface area contributed by atoms with Crippen LogP contribution in [0.5, 0.6) is 11.5 Å². The second-order valence-corrected chi connectivity index (χ2v) is 3.16. The molecule has 0 amide bonds. The van der Waals surface area contributed by atoms with Crippen molar-refractivity contribution >= 4 is 0 Å². The van der Waals surface area contributed by atoms with Gasteiger partial charge in [0.2, 0.25) is 0 Å². The fraction of sp³-hybridized carbons (Fsp3) is 0.400. The average molecular weight is 180 g/mol. The Balaban J connectivity index is 2.26. The third-order valence-electron chi connectivity index (χ3n) is 2.26. The molecule has 0 saturated heterocycles. The number of rotatable bonds is 1. The molecule has 3 nitrogen and oxygen atoms in total. The first kappa shape index (κ1) is 8.38. The minimum atomic E-state index is 0.136. The van der Waals surface area contributed by atoms with E-state index in [0.717, 1.165) is 17.7 Å². The summed E-state index contributed by atoms with van der Waals surface area (Å²) in [6.45, 7) is 0.562. The van der Waals surface area contributed by atoms with Crippen molar-refractivity contribution in [2.45, 2.75) is 12.5 Å². The Bertz CT molecular complexity index is 309. The van der Waals surface area contributed by atoms with Gasteiger partial charge in [-0.2, -0.15) is 0 Å². The van der Waals surface area contributed by atoms with Gasteiger partial charge >= 0.3 is 0 Å². The molecule has 1 aliphatic rings. The van der Waals surface area contributed by atoms with Crippen LogP contribution in [0.15, 0.2) is 18.2 Å². The van der Waals surface area contributed by atoms with Gasteiger partial charge in [0.15, 0.2) is 0 Å². The quantitative estimate of drug-likeness (QED) is 0.708. The van der Waals surface area contributed by atoms with E-state index in [1.54, 1.807) is 19.2 Å². The van der Waals surface area contributed by atoms with Gasteiger partial charge in [0.25, 0.3) is 0 Å². The molecule has 0 bridgehead atoms. The van der Waals surface area contributed by atoms with Crippen molar-refractivity contribution in [1.82, 2.24) is 0 Å². The van der Waals surface area contributed by atoms with Gasteiger partial charge in [-0.1, -0.05) is 6.07 Å². The molecular weight excluding hydrogens is 168 g/mol. The van der Waals surface area contributed by atoms with Crippen molar-refractivity contribution < 1.29 is 14.6 Å². The number of methoxy groups -OCH3 is 1. The zero-order chi connectivity index (χ0) is 9.26. The Morgan fingerprint density at radius 3 is 3.15 bits per heavy atom. The Hall–Kier alpha value is -1.22. The lowest BCUT2D eigenvalue weighted by Crippen LogP contribution is -2.27. The first-order chi connectivity index (χ1) is 6.29. The van der Waals surface area contributed by atoms with Crippen molar-refractivity contribution in [3.8, 4) is 11.5 Å². The number of benzene rings is 1. The lowest BCUT2D eigenvalue weighted by atomic mass is 10.0. The number of phenolic OH excluding ortho intramolecular Hbond substituents is 1. The molecular formula is C10H12O3. The zero-order valence-corrected chi connectivity index (χ0v) is 7.49. The van der Waals surface area contributed by atoms with Gasteiger partial charge in [0, 0.05) is 19.6 Å². The van der Waals surface area contributed by atoms with E-state index in [2.05, 4.69) is 0 Å². The Morgan fingerprint density at radius 1 is 1.54 bits per heavy atom. The molecule has 1 aromatic carbocycles. The van der Waals surface area contributed by atoms with E-state index in [9.17, 15) is 5.11 Å². The molecule has 0 aromatic heterocycles. The van der Waals surface area contributed by atoms with Crippen LogP contribution in [0.3, 0.4) is 0 Å². The summed E-state index contributed by atoms with van der Waals surface area (Å²) in [5.74, 6) is 1.02. The second kappa shape index (κ2) is 3.26. The molecule has 2 rings (SSSR count). The minimum absolute atomic E-state index is 0.136. The zero-order valence-electron chi connectivity index (χ0n) is 7.49. The molecule has 0 radical (unpaired) electrons. The smallest absolute Gasteiger partial charge is 0.126 e. The molecule has 1 aromatic rings. The molecule has 1 aliphatic heterocycles. The first-order valence-corrected chi connectivity index (χ1v) is 4.27. The maximum Gasteiger partial charge on any atom is 0.126 e. The number of hydrogen-bond acceptors (Lipinski definition) is 3. The second-order valence-electron chi connectivity index (χ2n) is 3.16. The Kier molecular flexibility index (Phi) is 2.10. The predicted octanol–water partition coefficient (Wildman–Crippen LogP) is 1.34. The summed E-state index contributed by atoms with van der Waals surface area (Å²) in [7, 11) is 1.68. The van der Waals surface area contributed by atoms with Crippen LogP contribution in [0.25, 0.3) is 0 Å². The van der Waals surface area contributed by atoms with Gasteiger partial charge in [-0.3, -0.25) is 0 Å². The highest BCUT2D eigenvalue weighted by Gasteiger charge is 2.19. The molecule has 1 N–H and O–H groups in total. The van der Waals surface area contributed by atoms with Gasteiger partial charge in [-0.25, -0.2) is 0 Å². The van der Waals surface area contributed by atoms with Gasteiger partial charge in [-0.15, -0.1) is 0 Å². The molecule has 1 atom stereocenters. The first-order valence-electron chi connectivity index (χ1n) is 4.27. The standard InChI is InChI=1S/C10H12O3/c1-12-9-4-7-2-3-8(11)5-10(7)13-6-9/h2-3,5,9,11H,4,6H2,1H3. The number of fused-ring (bicyclic) bond motifs is 1. The SMILES string of the molecule is COC1COc2cc(O)ccc2C1. The third kappa shape index (κ3) is 1.60.